The summed E-state index contributed by atoms with van der Waals surface area (Å²) in [4.78, 5) is 26.4. The fourth-order valence-electron chi connectivity index (χ4n) is 1.86. The van der Waals surface area contributed by atoms with E-state index in [0.717, 1.165) is 12.8 Å². The van der Waals surface area contributed by atoms with Gasteiger partial charge in [0.05, 0.1) is 5.69 Å². The van der Waals surface area contributed by atoms with Crippen LogP contribution in [0.3, 0.4) is 0 Å². The normalized spacial score (nSPS) is 15.8. The van der Waals surface area contributed by atoms with E-state index in [1.54, 1.807) is 6.07 Å². The summed E-state index contributed by atoms with van der Waals surface area (Å²) in [5, 5.41) is 14.2. The molecule has 0 bridgehead atoms. The molecule has 0 atom stereocenters. The van der Waals surface area contributed by atoms with Gasteiger partial charge in [-0.25, -0.2) is 14.6 Å². The molecule has 19 heavy (non-hydrogen) atoms. The first kappa shape index (κ1) is 13.3. The lowest BCUT2D eigenvalue weighted by molar-refractivity contribution is 0.0691. The molecule has 1 aliphatic heterocycles. The number of carbonyl (C=O) groups excluding carboxylic acids is 1. The van der Waals surface area contributed by atoms with E-state index in [9.17, 15) is 9.59 Å². The number of carboxylic acids is 1. The SMILES string of the molecule is O=C(Nc1cccnc1C(=O)O)NC1CCOCC1. The van der Waals surface area contributed by atoms with Crippen LogP contribution in [0, 0.1) is 0 Å². The van der Waals surface area contributed by atoms with Crippen molar-refractivity contribution in [3.05, 3.63) is 24.0 Å². The first-order valence-corrected chi connectivity index (χ1v) is 6.00. The molecule has 0 radical (unpaired) electrons. The number of ether oxygens (including phenoxy) is 1. The van der Waals surface area contributed by atoms with Crippen LogP contribution in [0.25, 0.3) is 0 Å². The topological polar surface area (TPSA) is 101 Å². The minimum Gasteiger partial charge on any atom is -0.476 e. The van der Waals surface area contributed by atoms with Gasteiger partial charge < -0.3 is 20.5 Å². The first-order chi connectivity index (χ1) is 9.16. The molecule has 1 aromatic rings. The number of amides is 2. The average molecular weight is 265 g/mol. The number of hydrogen-bond acceptors (Lipinski definition) is 4. The second-order valence-corrected chi connectivity index (χ2v) is 4.19. The van der Waals surface area contributed by atoms with Gasteiger partial charge in [-0.2, -0.15) is 0 Å². The Bertz CT molecular complexity index is 472. The number of carbonyl (C=O) groups is 2. The smallest absolute Gasteiger partial charge is 0.356 e. The highest BCUT2D eigenvalue weighted by Gasteiger charge is 2.18. The number of anilines is 1. The predicted octanol–water partition coefficient (Wildman–Crippen LogP) is 1.08. The Labute approximate surface area is 110 Å². The Morgan fingerprint density at radius 2 is 2.11 bits per heavy atom. The number of aromatic carboxylic acids is 1. The standard InChI is InChI=1S/C12H15N3O4/c16-11(17)10-9(2-1-5-13-10)15-12(18)14-8-3-6-19-7-4-8/h1-2,5,8H,3-4,6-7H2,(H,16,17)(H2,14,15,18). The first-order valence-electron chi connectivity index (χ1n) is 6.00. The van der Waals surface area contributed by atoms with Gasteiger partial charge in [-0.15, -0.1) is 0 Å². The molecule has 7 nitrogen and oxygen atoms in total. The molecule has 0 aromatic carbocycles. The fourth-order valence-corrected chi connectivity index (χ4v) is 1.86. The van der Waals surface area contributed by atoms with Gasteiger partial charge in [0.25, 0.3) is 0 Å². The number of carboxylic acid groups (broad SMARTS) is 1. The van der Waals surface area contributed by atoms with Gasteiger partial charge >= 0.3 is 12.0 Å². The summed E-state index contributed by atoms with van der Waals surface area (Å²) in [6.07, 6.45) is 2.88. The molecule has 0 unspecified atom stereocenters. The summed E-state index contributed by atoms with van der Waals surface area (Å²) < 4.78 is 5.19. The number of rotatable bonds is 3. The molecular weight excluding hydrogens is 250 g/mol. The Balaban J connectivity index is 1.96. The van der Waals surface area contributed by atoms with Crippen LogP contribution >= 0.6 is 0 Å². The Morgan fingerprint density at radius 3 is 2.79 bits per heavy atom. The maximum absolute atomic E-state index is 11.8. The molecule has 1 saturated heterocycles. The summed E-state index contributed by atoms with van der Waals surface area (Å²) in [6, 6.07) is 2.69. The van der Waals surface area contributed by atoms with Gasteiger partial charge in [-0.3, -0.25) is 0 Å². The maximum Gasteiger partial charge on any atom is 0.356 e. The quantitative estimate of drug-likeness (QED) is 0.759. The highest BCUT2D eigenvalue weighted by Crippen LogP contribution is 2.12. The van der Waals surface area contributed by atoms with Gasteiger partial charge in [-0.1, -0.05) is 0 Å². The van der Waals surface area contributed by atoms with Crippen LogP contribution in [0.1, 0.15) is 23.3 Å². The molecule has 1 aromatic heterocycles. The number of urea groups is 1. The zero-order valence-corrected chi connectivity index (χ0v) is 10.3. The number of hydrogen-bond donors (Lipinski definition) is 3. The van der Waals surface area contributed by atoms with E-state index in [4.69, 9.17) is 9.84 Å². The van der Waals surface area contributed by atoms with Crippen molar-refractivity contribution in [2.24, 2.45) is 0 Å². The van der Waals surface area contributed by atoms with Crippen molar-refractivity contribution in [2.45, 2.75) is 18.9 Å². The Hall–Kier alpha value is -2.15. The van der Waals surface area contributed by atoms with Crippen molar-refractivity contribution < 1.29 is 19.4 Å². The average Bonchev–Trinajstić information content (AvgIpc) is 2.40. The maximum atomic E-state index is 11.8. The lowest BCUT2D eigenvalue weighted by Crippen LogP contribution is -2.41. The van der Waals surface area contributed by atoms with E-state index in [1.807, 2.05) is 0 Å². The van der Waals surface area contributed by atoms with E-state index in [1.165, 1.54) is 12.3 Å². The number of pyridine rings is 1. The van der Waals surface area contributed by atoms with Crippen molar-refractivity contribution in [3.63, 3.8) is 0 Å². The Kier molecular flexibility index (Phi) is 4.30. The zero-order chi connectivity index (χ0) is 13.7. The molecule has 7 heteroatoms. The molecule has 1 fully saturated rings. The van der Waals surface area contributed by atoms with Crippen LogP contribution in [0.15, 0.2) is 18.3 Å². The molecule has 102 valence electrons. The molecular formula is C12H15N3O4. The molecule has 1 aliphatic rings. The van der Waals surface area contributed by atoms with Crippen molar-refractivity contribution in [3.8, 4) is 0 Å². The highest BCUT2D eigenvalue weighted by molar-refractivity contribution is 5.98. The van der Waals surface area contributed by atoms with Crippen LogP contribution < -0.4 is 10.6 Å². The van der Waals surface area contributed by atoms with E-state index in [2.05, 4.69) is 15.6 Å². The summed E-state index contributed by atoms with van der Waals surface area (Å²) >= 11 is 0. The van der Waals surface area contributed by atoms with E-state index in [-0.39, 0.29) is 17.4 Å². The number of nitrogens with one attached hydrogen (secondary N) is 2. The van der Waals surface area contributed by atoms with Crippen LogP contribution in [0.2, 0.25) is 0 Å². The van der Waals surface area contributed by atoms with Crippen molar-refractivity contribution in [2.75, 3.05) is 18.5 Å². The monoisotopic (exact) mass is 265 g/mol. The lowest BCUT2D eigenvalue weighted by atomic mass is 10.1. The van der Waals surface area contributed by atoms with Crippen molar-refractivity contribution in [1.82, 2.24) is 10.3 Å². The van der Waals surface area contributed by atoms with Gasteiger partial charge in [0.15, 0.2) is 5.69 Å². The minimum atomic E-state index is -1.18. The zero-order valence-electron chi connectivity index (χ0n) is 10.3. The summed E-state index contributed by atoms with van der Waals surface area (Å²) in [6.45, 7) is 1.25. The largest absolute Gasteiger partial charge is 0.476 e. The highest BCUT2D eigenvalue weighted by atomic mass is 16.5. The third-order valence-corrected chi connectivity index (χ3v) is 2.82. The van der Waals surface area contributed by atoms with Crippen LogP contribution in [-0.2, 0) is 4.74 Å². The number of aromatic nitrogens is 1. The van der Waals surface area contributed by atoms with E-state index >= 15 is 0 Å². The molecule has 2 heterocycles. The second kappa shape index (κ2) is 6.14. The van der Waals surface area contributed by atoms with Crippen LogP contribution in [0.4, 0.5) is 10.5 Å². The summed E-state index contributed by atoms with van der Waals surface area (Å²) in [7, 11) is 0. The van der Waals surface area contributed by atoms with Gasteiger partial charge in [0, 0.05) is 25.5 Å². The summed E-state index contributed by atoms with van der Waals surface area (Å²) in [5.41, 5.74) is 0.00388. The van der Waals surface area contributed by atoms with Gasteiger partial charge in [-0.05, 0) is 25.0 Å². The van der Waals surface area contributed by atoms with Crippen molar-refractivity contribution in [1.29, 1.82) is 0 Å². The molecule has 2 rings (SSSR count). The molecule has 2 amide bonds. The van der Waals surface area contributed by atoms with Crippen LogP contribution in [-0.4, -0.2) is 41.3 Å². The molecule has 0 aliphatic carbocycles. The lowest BCUT2D eigenvalue weighted by Gasteiger charge is -2.23. The third kappa shape index (κ3) is 3.65. The molecule has 3 N–H and O–H groups in total. The van der Waals surface area contributed by atoms with Gasteiger partial charge in [0.2, 0.25) is 0 Å². The number of nitrogens with zero attached hydrogens (tertiary/aromatic N) is 1. The predicted molar refractivity (Wildman–Crippen MR) is 67.2 cm³/mol. The molecule has 0 saturated carbocycles. The molecule has 0 spiro atoms. The minimum absolute atomic E-state index is 0.0544. The van der Waals surface area contributed by atoms with Crippen molar-refractivity contribution >= 4 is 17.7 Å². The van der Waals surface area contributed by atoms with E-state index in [0.29, 0.717) is 13.2 Å². The fraction of sp³-hybridized carbons (Fsp3) is 0.417. The Morgan fingerprint density at radius 1 is 1.37 bits per heavy atom. The van der Waals surface area contributed by atoms with Crippen LogP contribution in [0.5, 0.6) is 0 Å². The second-order valence-electron chi connectivity index (χ2n) is 4.19. The third-order valence-electron chi connectivity index (χ3n) is 2.82. The summed E-state index contributed by atoms with van der Waals surface area (Å²) in [5.74, 6) is -1.18. The van der Waals surface area contributed by atoms with Gasteiger partial charge in [0.1, 0.15) is 0 Å². The van der Waals surface area contributed by atoms with E-state index < -0.39 is 12.0 Å².